The van der Waals surface area contributed by atoms with Gasteiger partial charge in [-0.15, -0.1) is 0 Å². The number of rotatable bonds is 12. The lowest BCUT2D eigenvalue weighted by atomic mass is 9.81. The molecule has 0 bridgehead atoms. The van der Waals surface area contributed by atoms with Gasteiger partial charge in [-0.25, -0.2) is 0 Å². The van der Waals surface area contributed by atoms with Gasteiger partial charge in [0.15, 0.2) is 0 Å². The Morgan fingerprint density at radius 3 is 2.41 bits per heavy atom. The van der Waals surface area contributed by atoms with E-state index in [-0.39, 0.29) is 23.8 Å². The zero-order valence-corrected chi connectivity index (χ0v) is 20.3. The smallest absolute Gasteiger partial charge is 0.323 e. The maximum absolute atomic E-state index is 12.8. The largest absolute Gasteiger partial charge is 0.468 e. The number of carbonyl (C=O) groups is 3. The van der Waals surface area contributed by atoms with Crippen LogP contribution < -0.4 is 4.74 Å². The maximum atomic E-state index is 12.8. The zero-order valence-electron chi connectivity index (χ0n) is 20.3. The quantitative estimate of drug-likeness (QED) is 0.184. The molecule has 0 saturated carbocycles. The van der Waals surface area contributed by atoms with Gasteiger partial charge < -0.3 is 14.2 Å². The second-order valence-corrected chi connectivity index (χ2v) is 9.68. The van der Waals surface area contributed by atoms with Crippen molar-refractivity contribution in [2.24, 2.45) is 0 Å². The van der Waals surface area contributed by atoms with Crippen molar-refractivity contribution in [1.29, 1.82) is 0 Å². The number of unbranched alkanes of at least 4 members (excludes halogenated alkanes) is 3. The van der Waals surface area contributed by atoms with E-state index in [1.807, 2.05) is 42.5 Å². The second kappa shape index (κ2) is 11.8. The summed E-state index contributed by atoms with van der Waals surface area (Å²) in [5.41, 5.74) is 3.52. The minimum Gasteiger partial charge on any atom is -0.468 e. The van der Waals surface area contributed by atoms with Gasteiger partial charge in [0.25, 0.3) is 6.47 Å². The Morgan fingerprint density at radius 1 is 1.03 bits per heavy atom. The molecule has 2 aromatic rings. The highest BCUT2D eigenvalue weighted by Crippen LogP contribution is 2.45. The molecule has 3 rings (SSSR count). The Bertz CT molecular complexity index is 990. The molecule has 2 aromatic carbocycles. The topological polar surface area (TPSA) is 78.9 Å². The molecule has 6 heteroatoms. The summed E-state index contributed by atoms with van der Waals surface area (Å²) >= 11 is 0. The number of esters is 2. The molecule has 0 aromatic heterocycles. The summed E-state index contributed by atoms with van der Waals surface area (Å²) in [6, 6.07) is 13.7. The predicted octanol–water partition coefficient (Wildman–Crippen LogP) is 5.24. The molecule has 0 spiro atoms. The standard InChI is InChI=1S/C28H34O6/c1-28(2,3)23-18-20(13-14-24(30)33-16-10-5-4-9-15-32-19-29)17-22-25(27(31)34-26(22)23)21-11-7-6-8-12-21/h6-8,11-12,17-19,25H,4-5,9-10,13-16H2,1-3H3. The van der Waals surface area contributed by atoms with Crippen molar-refractivity contribution in [3.8, 4) is 5.75 Å². The Labute approximate surface area is 201 Å². The molecule has 1 atom stereocenters. The Morgan fingerprint density at radius 2 is 1.74 bits per heavy atom. The molecule has 1 aliphatic heterocycles. The minimum atomic E-state index is -0.457. The summed E-state index contributed by atoms with van der Waals surface area (Å²) in [7, 11) is 0. The molecule has 34 heavy (non-hydrogen) atoms. The van der Waals surface area contributed by atoms with E-state index in [1.54, 1.807) is 0 Å². The molecule has 0 saturated heterocycles. The molecule has 6 nitrogen and oxygen atoms in total. The molecule has 0 aliphatic carbocycles. The summed E-state index contributed by atoms with van der Waals surface area (Å²) < 4.78 is 15.8. The van der Waals surface area contributed by atoms with Gasteiger partial charge in [-0.3, -0.25) is 14.4 Å². The Hall–Kier alpha value is -3.15. The summed E-state index contributed by atoms with van der Waals surface area (Å²) in [6.45, 7) is 7.56. The second-order valence-electron chi connectivity index (χ2n) is 9.68. The molecule has 0 radical (unpaired) electrons. The third-order valence-corrected chi connectivity index (χ3v) is 5.97. The first-order chi connectivity index (χ1) is 16.3. The van der Waals surface area contributed by atoms with Crippen LogP contribution in [0.1, 0.15) is 81.0 Å². The fourth-order valence-electron chi connectivity index (χ4n) is 4.18. The van der Waals surface area contributed by atoms with Crippen molar-refractivity contribution in [2.45, 2.75) is 70.6 Å². The monoisotopic (exact) mass is 466 g/mol. The van der Waals surface area contributed by atoms with Crippen molar-refractivity contribution in [2.75, 3.05) is 13.2 Å². The molecule has 1 heterocycles. The van der Waals surface area contributed by atoms with Gasteiger partial charge in [0.05, 0.1) is 13.2 Å². The molecule has 0 N–H and O–H groups in total. The van der Waals surface area contributed by atoms with E-state index in [0.717, 1.165) is 47.9 Å². The van der Waals surface area contributed by atoms with Gasteiger partial charge in [0.2, 0.25) is 0 Å². The van der Waals surface area contributed by atoms with Gasteiger partial charge in [-0.1, -0.05) is 63.2 Å². The van der Waals surface area contributed by atoms with Crippen LogP contribution in [0, 0.1) is 0 Å². The van der Waals surface area contributed by atoms with Gasteiger partial charge in [0.1, 0.15) is 11.7 Å². The lowest BCUT2D eigenvalue weighted by Gasteiger charge is -2.23. The summed E-state index contributed by atoms with van der Waals surface area (Å²) in [6.07, 6.45) is 4.27. The maximum Gasteiger partial charge on any atom is 0.323 e. The van der Waals surface area contributed by atoms with Crippen LogP contribution in [-0.2, 0) is 35.7 Å². The summed E-state index contributed by atoms with van der Waals surface area (Å²) in [5.74, 6) is -0.299. The van der Waals surface area contributed by atoms with Crippen LogP contribution in [0.25, 0.3) is 0 Å². The van der Waals surface area contributed by atoms with Gasteiger partial charge >= 0.3 is 11.9 Å². The van der Waals surface area contributed by atoms with Crippen LogP contribution in [0.15, 0.2) is 42.5 Å². The number of ether oxygens (including phenoxy) is 3. The Kier molecular flexibility index (Phi) is 8.85. The molecule has 0 fully saturated rings. The highest BCUT2D eigenvalue weighted by molar-refractivity contribution is 5.90. The van der Waals surface area contributed by atoms with Crippen LogP contribution in [0.4, 0.5) is 0 Å². The predicted molar refractivity (Wildman–Crippen MR) is 129 cm³/mol. The van der Waals surface area contributed by atoms with E-state index in [4.69, 9.17) is 9.47 Å². The highest BCUT2D eigenvalue weighted by atomic mass is 16.5. The third-order valence-electron chi connectivity index (χ3n) is 5.97. The lowest BCUT2D eigenvalue weighted by molar-refractivity contribution is -0.143. The van der Waals surface area contributed by atoms with Crippen molar-refractivity contribution >= 4 is 18.4 Å². The zero-order chi connectivity index (χ0) is 24.6. The average molecular weight is 467 g/mol. The lowest BCUT2D eigenvalue weighted by Crippen LogP contribution is -2.14. The first-order valence-electron chi connectivity index (χ1n) is 12.0. The third kappa shape index (κ3) is 6.69. The van der Waals surface area contributed by atoms with Gasteiger partial charge in [0, 0.05) is 17.5 Å². The fraction of sp³-hybridized carbons (Fsp3) is 0.464. The van der Waals surface area contributed by atoms with Gasteiger partial charge in [-0.2, -0.15) is 0 Å². The van der Waals surface area contributed by atoms with Crippen LogP contribution >= 0.6 is 0 Å². The van der Waals surface area contributed by atoms with E-state index in [1.165, 1.54) is 0 Å². The van der Waals surface area contributed by atoms with Gasteiger partial charge in [-0.05, 0) is 48.6 Å². The first-order valence-corrected chi connectivity index (χ1v) is 12.0. The highest BCUT2D eigenvalue weighted by Gasteiger charge is 2.38. The molecule has 1 aliphatic rings. The molecular weight excluding hydrogens is 432 g/mol. The number of aryl methyl sites for hydroxylation is 1. The normalized spacial score (nSPS) is 14.9. The molecular formula is C28H34O6. The van der Waals surface area contributed by atoms with E-state index >= 15 is 0 Å². The number of benzene rings is 2. The van der Waals surface area contributed by atoms with E-state index in [0.29, 0.717) is 31.9 Å². The van der Waals surface area contributed by atoms with Crippen molar-refractivity contribution < 1.29 is 28.6 Å². The Balaban J connectivity index is 1.63. The number of hydrogen-bond acceptors (Lipinski definition) is 6. The van der Waals surface area contributed by atoms with Crippen LogP contribution in [0.5, 0.6) is 5.75 Å². The fourth-order valence-corrected chi connectivity index (χ4v) is 4.18. The van der Waals surface area contributed by atoms with Crippen LogP contribution in [-0.4, -0.2) is 31.6 Å². The minimum absolute atomic E-state index is 0.219. The number of hydrogen-bond donors (Lipinski definition) is 0. The van der Waals surface area contributed by atoms with E-state index < -0.39 is 5.92 Å². The van der Waals surface area contributed by atoms with E-state index in [2.05, 4.69) is 25.5 Å². The van der Waals surface area contributed by atoms with Crippen molar-refractivity contribution in [1.82, 2.24) is 0 Å². The van der Waals surface area contributed by atoms with Crippen LogP contribution in [0.3, 0.4) is 0 Å². The summed E-state index contributed by atoms with van der Waals surface area (Å²) in [5, 5.41) is 0. The first kappa shape index (κ1) is 25.5. The molecule has 1 unspecified atom stereocenters. The number of fused-ring (bicyclic) bond motifs is 1. The van der Waals surface area contributed by atoms with E-state index in [9.17, 15) is 14.4 Å². The van der Waals surface area contributed by atoms with Crippen molar-refractivity contribution in [3.05, 3.63) is 64.7 Å². The SMILES string of the molecule is CC(C)(C)c1cc(CCC(=O)OCCCCCCOC=O)cc2c1OC(=O)C2c1ccccc1. The summed E-state index contributed by atoms with van der Waals surface area (Å²) in [4.78, 5) is 35.2. The molecule has 0 amide bonds. The number of carbonyl (C=O) groups excluding carboxylic acids is 3. The average Bonchev–Trinajstić information content (AvgIpc) is 3.14. The van der Waals surface area contributed by atoms with Crippen LogP contribution in [0.2, 0.25) is 0 Å². The van der Waals surface area contributed by atoms with Crippen molar-refractivity contribution in [3.63, 3.8) is 0 Å². The molecule has 182 valence electrons.